The van der Waals surface area contributed by atoms with Gasteiger partial charge in [-0.15, -0.1) is 0 Å². The van der Waals surface area contributed by atoms with Crippen LogP contribution in [0.1, 0.15) is 57.4 Å². The number of nitrogens with zero attached hydrogens (tertiary/aromatic N) is 1. The molecule has 1 aromatic heterocycles. The average Bonchev–Trinajstić information content (AvgIpc) is 2.55. The lowest BCUT2D eigenvalue weighted by Crippen LogP contribution is -2.42. The summed E-state index contributed by atoms with van der Waals surface area (Å²) in [5, 5.41) is 3.77. The van der Waals surface area contributed by atoms with Crippen LogP contribution < -0.4 is 5.32 Å². The lowest BCUT2D eigenvalue weighted by atomic mass is 9.65. The summed E-state index contributed by atoms with van der Waals surface area (Å²) in [5.41, 5.74) is 1.38. The van der Waals surface area contributed by atoms with Crippen molar-refractivity contribution in [1.29, 1.82) is 0 Å². The molecule has 0 amide bonds. The van der Waals surface area contributed by atoms with Crippen molar-refractivity contribution in [1.82, 2.24) is 10.3 Å². The molecule has 2 nitrogen and oxygen atoms in total. The number of aromatic nitrogens is 1. The molecule has 3 rings (SSSR count). The molecule has 4 unspecified atom stereocenters. The first-order valence-corrected chi connectivity index (χ1v) is 8.99. The van der Waals surface area contributed by atoms with Crippen molar-refractivity contribution >= 4 is 0 Å². The summed E-state index contributed by atoms with van der Waals surface area (Å²) in [6, 6.07) is 4.93. The number of hydrogen-bond donors (Lipinski definition) is 1. The minimum absolute atomic E-state index is 0.641. The van der Waals surface area contributed by atoms with Crippen molar-refractivity contribution in [2.45, 2.75) is 64.3 Å². The van der Waals surface area contributed by atoms with Crippen molar-refractivity contribution in [3.8, 4) is 0 Å². The maximum Gasteiger partial charge on any atom is 0.0300 e. The summed E-state index contributed by atoms with van der Waals surface area (Å²) in [7, 11) is 0. The highest BCUT2D eigenvalue weighted by Crippen LogP contribution is 2.43. The summed E-state index contributed by atoms with van der Waals surface area (Å²) < 4.78 is 0. The summed E-state index contributed by atoms with van der Waals surface area (Å²) in [5.74, 6) is 2.94. The molecular formula is C19H30N2. The number of hydrogen-bond acceptors (Lipinski definition) is 2. The molecule has 0 saturated heterocycles. The smallest absolute Gasteiger partial charge is 0.0300 e. The number of likely N-dealkylation sites (N-methyl/N-ethyl adjacent to an activating group) is 1. The van der Waals surface area contributed by atoms with E-state index in [1.54, 1.807) is 0 Å². The van der Waals surface area contributed by atoms with E-state index in [2.05, 4.69) is 29.4 Å². The second-order valence-corrected chi connectivity index (χ2v) is 7.11. The van der Waals surface area contributed by atoms with Gasteiger partial charge >= 0.3 is 0 Å². The molecule has 0 bridgehead atoms. The van der Waals surface area contributed by atoms with Gasteiger partial charge in [-0.25, -0.2) is 0 Å². The van der Waals surface area contributed by atoms with Crippen LogP contribution in [0.25, 0.3) is 0 Å². The highest BCUT2D eigenvalue weighted by molar-refractivity contribution is 5.11. The predicted molar refractivity (Wildman–Crippen MR) is 88.2 cm³/mol. The zero-order valence-electron chi connectivity index (χ0n) is 13.4. The van der Waals surface area contributed by atoms with Crippen LogP contribution in [0.5, 0.6) is 0 Å². The van der Waals surface area contributed by atoms with Gasteiger partial charge in [0.05, 0.1) is 0 Å². The van der Waals surface area contributed by atoms with Crippen LogP contribution in [0.3, 0.4) is 0 Å². The quantitative estimate of drug-likeness (QED) is 0.877. The van der Waals surface area contributed by atoms with E-state index in [4.69, 9.17) is 0 Å². The van der Waals surface area contributed by atoms with E-state index in [1.165, 1.54) is 50.5 Å². The third-order valence-corrected chi connectivity index (χ3v) is 5.79. The van der Waals surface area contributed by atoms with Gasteiger partial charge in [-0.2, -0.15) is 0 Å². The van der Waals surface area contributed by atoms with Crippen LogP contribution in [0.15, 0.2) is 24.5 Å². The molecule has 4 atom stereocenters. The fourth-order valence-corrected chi connectivity index (χ4v) is 4.72. The van der Waals surface area contributed by atoms with Gasteiger partial charge in [-0.1, -0.05) is 38.7 Å². The molecule has 0 aromatic carbocycles. The first-order valence-electron chi connectivity index (χ1n) is 8.99. The Kier molecular flexibility index (Phi) is 5.29. The van der Waals surface area contributed by atoms with Gasteiger partial charge in [-0.3, -0.25) is 4.98 Å². The lowest BCUT2D eigenvalue weighted by molar-refractivity contribution is 0.109. The topological polar surface area (TPSA) is 24.9 Å². The fourth-order valence-electron chi connectivity index (χ4n) is 4.72. The zero-order chi connectivity index (χ0) is 14.5. The Labute approximate surface area is 129 Å². The molecule has 2 aliphatic rings. The molecule has 2 heteroatoms. The Balaban J connectivity index is 1.63. The number of fused-ring (bicyclic) bond motifs is 1. The van der Waals surface area contributed by atoms with E-state index < -0.39 is 0 Å². The number of rotatable bonds is 5. The van der Waals surface area contributed by atoms with Crippen LogP contribution >= 0.6 is 0 Å². The summed E-state index contributed by atoms with van der Waals surface area (Å²) in [6.07, 6.45) is 15.4. The Morgan fingerprint density at radius 3 is 2.81 bits per heavy atom. The van der Waals surface area contributed by atoms with Gasteiger partial charge in [0.15, 0.2) is 0 Å². The molecule has 116 valence electrons. The van der Waals surface area contributed by atoms with Crippen molar-refractivity contribution in [2.24, 2.45) is 17.8 Å². The molecule has 2 aliphatic carbocycles. The second-order valence-electron chi connectivity index (χ2n) is 7.11. The summed E-state index contributed by atoms with van der Waals surface area (Å²) in [6.45, 7) is 3.32. The van der Waals surface area contributed by atoms with Gasteiger partial charge in [0, 0.05) is 18.4 Å². The SMILES string of the molecule is CCNC(Cc1cccnc1)C1CCC2CCCCC2C1. The summed E-state index contributed by atoms with van der Waals surface area (Å²) in [4.78, 5) is 4.28. The van der Waals surface area contributed by atoms with Crippen LogP contribution in [-0.2, 0) is 6.42 Å². The Morgan fingerprint density at radius 1 is 1.19 bits per heavy atom. The Bertz CT molecular complexity index is 417. The maximum atomic E-state index is 4.28. The largest absolute Gasteiger partial charge is 0.314 e. The average molecular weight is 286 g/mol. The van der Waals surface area contributed by atoms with E-state index in [1.807, 2.05) is 12.4 Å². The normalized spacial score (nSPS) is 30.6. The van der Waals surface area contributed by atoms with Crippen molar-refractivity contribution in [3.63, 3.8) is 0 Å². The van der Waals surface area contributed by atoms with E-state index in [0.29, 0.717) is 6.04 Å². The molecule has 2 saturated carbocycles. The molecule has 0 spiro atoms. The highest BCUT2D eigenvalue weighted by atomic mass is 14.9. The van der Waals surface area contributed by atoms with Crippen molar-refractivity contribution < 1.29 is 0 Å². The predicted octanol–water partition coefficient (Wildman–Crippen LogP) is 4.21. The standard InChI is InChI=1S/C19H30N2/c1-2-21-19(12-15-6-5-11-20-14-15)18-10-9-16-7-3-4-8-17(16)13-18/h5-6,11,14,16-19,21H,2-4,7-10,12-13H2,1H3. The third-order valence-electron chi connectivity index (χ3n) is 5.79. The minimum Gasteiger partial charge on any atom is -0.314 e. The van der Waals surface area contributed by atoms with Gasteiger partial charge < -0.3 is 5.32 Å². The molecule has 0 aliphatic heterocycles. The van der Waals surface area contributed by atoms with Gasteiger partial charge in [0.2, 0.25) is 0 Å². The zero-order valence-corrected chi connectivity index (χ0v) is 13.4. The van der Waals surface area contributed by atoms with Crippen molar-refractivity contribution in [2.75, 3.05) is 6.54 Å². The Hall–Kier alpha value is -0.890. The lowest BCUT2D eigenvalue weighted by Gasteiger charge is -2.42. The minimum atomic E-state index is 0.641. The van der Waals surface area contributed by atoms with Crippen LogP contribution in [0.2, 0.25) is 0 Å². The Morgan fingerprint density at radius 2 is 2.05 bits per heavy atom. The molecule has 1 N–H and O–H groups in total. The van der Waals surface area contributed by atoms with Crippen LogP contribution in [-0.4, -0.2) is 17.6 Å². The molecule has 1 aromatic rings. The van der Waals surface area contributed by atoms with E-state index in [-0.39, 0.29) is 0 Å². The first kappa shape index (κ1) is 15.0. The van der Waals surface area contributed by atoms with E-state index in [9.17, 15) is 0 Å². The van der Waals surface area contributed by atoms with Crippen molar-refractivity contribution in [3.05, 3.63) is 30.1 Å². The van der Waals surface area contributed by atoms with Crippen LogP contribution in [0, 0.1) is 17.8 Å². The number of pyridine rings is 1. The van der Waals surface area contributed by atoms with E-state index in [0.717, 1.165) is 30.7 Å². The molecule has 21 heavy (non-hydrogen) atoms. The fraction of sp³-hybridized carbons (Fsp3) is 0.737. The highest BCUT2D eigenvalue weighted by Gasteiger charge is 2.35. The van der Waals surface area contributed by atoms with Gasteiger partial charge in [0.1, 0.15) is 0 Å². The molecular weight excluding hydrogens is 256 g/mol. The van der Waals surface area contributed by atoms with Gasteiger partial charge in [0.25, 0.3) is 0 Å². The van der Waals surface area contributed by atoms with Gasteiger partial charge in [-0.05, 0) is 61.6 Å². The summed E-state index contributed by atoms with van der Waals surface area (Å²) >= 11 is 0. The maximum absolute atomic E-state index is 4.28. The second kappa shape index (κ2) is 7.40. The number of nitrogens with one attached hydrogen (secondary N) is 1. The van der Waals surface area contributed by atoms with Crippen LogP contribution in [0.4, 0.5) is 0 Å². The molecule has 0 radical (unpaired) electrons. The molecule has 1 heterocycles. The third kappa shape index (κ3) is 3.85. The monoisotopic (exact) mass is 286 g/mol. The first-order chi connectivity index (χ1) is 10.4. The van der Waals surface area contributed by atoms with E-state index >= 15 is 0 Å². The molecule has 2 fully saturated rings.